The van der Waals surface area contributed by atoms with E-state index in [1.807, 2.05) is 48.5 Å². The Bertz CT molecular complexity index is 643. The van der Waals surface area contributed by atoms with Gasteiger partial charge in [0.2, 0.25) is 5.89 Å². The molecule has 0 unspecified atom stereocenters. The first kappa shape index (κ1) is 12.1. The molecule has 3 aromatic rings. The summed E-state index contributed by atoms with van der Waals surface area (Å²) in [5.41, 5.74) is 1.75. The summed E-state index contributed by atoms with van der Waals surface area (Å²) in [5, 5.41) is 0. The predicted molar refractivity (Wildman–Crippen MR) is 76.6 cm³/mol. The smallest absolute Gasteiger partial charge is 0.205 e. The summed E-state index contributed by atoms with van der Waals surface area (Å²) in [4.78, 5) is 5.62. The maximum absolute atomic E-state index is 5.68. The quantitative estimate of drug-likeness (QED) is 0.668. The van der Waals surface area contributed by atoms with Crippen LogP contribution in [0.1, 0.15) is 5.89 Å². The van der Waals surface area contributed by atoms with E-state index < -0.39 is 0 Å². The molecule has 0 spiro atoms. The van der Waals surface area contributed by atoms with Gasteiger partial charge in [0.15, 0.2) is 5.58 Å². The molecule has 0 saturated carbocycles. The number of nitrogens with zero attached hydrogens (tertiary/aromatic N) is 1. The summed E-state index contributed by atoms with van der Waals surface area (Å²) in [6, 6.07) is 15.8. The molecule has 3 rings (SSSR count). The Kier molecular flexibility index (Phi) is 3.42. The van der Waals surface area contributed by atoms with Crippen molar-refractivity contribution in [2.24, 2.45) is 0 Å². The minimum Gasteiger partial charge on any atom is -0.497 e. The van der Waals surface area contributed by atoms with Gasteiger partial charge in [-0.15, -0.1) is 11.8 Å². The number of rotatable bonds is 4. The van der Waals surface area contributed by atoms with Gasteiger partial charge in [0, 0.05) is 4.90 Å². The lowest BCUT2D eigenvalue weighted by Gasteiger charge is -2.01. The monoisotopic (exact) mass is 271 g/mol. The highest BCUT2D eigenvalue weighted by Gasteiger charge is 2.05. The van der Waals surface area contributed by atoms with Crippen molar-refractivity contribution in [3.8, 4) is 5.75 Å². The topological polar surface area (TPSA) is 35.3 Å². The number of methoxy groups -OCH3 is 1. The number of ether oxygens (including phenoxy) is 1. The van der Waals surface area contributed by atoms with E-state index in [2.05, 4.69) is 4.98 Å². The lowest BCUT2D eigenvalue weighted by atomic mass is 10.3. The fourth-order valence-electron chi connectivity index (χ4n) is 1.80. The van der Waals surface area contributed by atoms with Gasteiger partial charge in [0.1, 0.15) is 11.3 Å². The Morgan fingerprint density at radius 2 is 1.89 bits per heavy atom. The van der Waals surface area contributed by atoms with Gasteiger partial charge in [-0.1, -0.05) is 12.1 Å². The molecular formula is C15H13NO2S. The average Bonchev–Trinajstić information content (AvgIpc) is 2.88. The van der Waals surface area contributed by atoms with Crippen LogP contribution in [0.15, 0.2) is 57.8 Å². The minimum absolute atomic E-state index is 0.723. The van der Waals surface area contributed by atoms with E-state index in [1.165, 1.54) is 4.90 Å². The maximum Gasteiger partial charge on any atom is 0.205 e. The van der Waals surface area contributed by atoms with E-state index in [-0.39, 0.29) is 0 Å². The zero-order valence-electron chi connectivity index (χ0n) is 10.5. The fraction of sp³-hybridized carbons (Fsp3) is 0.133. The maximum atomic E-state index is 5.68. The standard InChI is InChI=1S/C15H13NO2S/c1-17-11-6-8-12(9-7-11)19-10-15-16-13-4-2-3-5-14(13)18-15/h2-9H,10H2,1H3. The van der Waals surface area contributed by atoms with Crippen molar-refractivity contribution >= 4 is 22.9 Å². The van der Waals surface area contributed by atoms with Gasteiger partial charge in [0.25, 0.3) is 0 Å². The molecule has 19 heavy (non-hydrogen) atoms. The highest BCUT2D eigenvalue weighted by molar-refractivity contribution is 7.98. The molecule has 0 aliphatic carbocycles. The number of aromatic nitrogens is 1. The summed E-state index contributed by atoms with van der Waals surface area (Å²) in [5.74, 6) is 2.34. The average molecular weight is 271 g/mol. The molecule has 0 saturated heterocycles. The lowest BCUT2D eigenvalue weighted by molar-refractivity contribution is 0.414. The number of thioether (sulfide) groups is 1. The number of hydrogen-bond acceptors (Lipinski definition) is 4. The van der Waals surface area contributed by atoms with Gasteiger partial charge in [-0.05, 0) is 36.4 Å². The van der Waals surface area contributed by atoms with Crippen LogP contribution in [0, 0.1) is 0 Å². The molecular weight excluding hydrogens is 258 g/mol. The van der Waals surface area contributed by atoms with Crippen molar-refractivity contribution in [2.45, 2.75) is 10.6 Å². The molecule has 96 valence electrons. The summed E-state index contributed by atoms with van der Waals surface area (Å²) in [6.07, 6.45) is 0. The molecule has 0 fully saturated rings. The first-order valence-electron chi connectivity index (χ1n) is 5.96. The third kappa shape index (κ3) is 2.74. The molecule has 0 atom stereocenters. The van der Waals surface area contributed by atoms with Crippen LogP contribution in [0.4, 0.5) is 0 Å². The molecule has 0 bridgehead atoms. The van der Waals surface area contributed by atoms with Gasteiger partial charge in [-0.25, -0.2) is 4.98 Å². The number of fused-ring (bicyclic) bond motifs is 1. The van der Waals surface area contributed by atoms with Crippen molar-refractivity contribution in [3.63, 3.8) is 0 Å². The minimum atomic E-state index is 0.723. The Hall–Kier alpha value is -1.94. The molecule has 2 aromatic carbocycles. The van der Waals surface area contributed by atoms with Crippen molar-refractivity contribution in [2.75, 3.05) is 7.11 Å². The van der Waals surface area contributed by atoms with Crippen LogP contribution in [0.2, 0.25) is 0 Å². The van der Waals surface area contributed by atoms with Crippen LogP contribution < -0.4 is 4.74 Å². The largest absolute Gasteiger partial charge is 0.497 e. The highest BCUT2D eigenvalue weighted by atomic mass is 32.2. The summed E-state index contributed by atoms with van der Waals surface area (Å²) >= 11 is 1.70. The first-order valence-corrected chi connectivity index (χ1v) is 6.95. The van der Waals surface area contributed by atoms with Crippen molar-refractivity contribution in [1.82, 2.24) is 4.98 Å². The molecule has 1 aromatic heterocycles. The van der Waals surface area contributed by atoms with Crippen LogP contribution in [0.25, 0.3) is 11.1 Å². The van der Waals surface area contributed by atoms with Crippen LogP contribution in [0.5, 0.6) is 5.75 Å². The number of oxazole rings is 1. The lowest BCUT2D eigenvalue weighted by Crippen LogP contribution is -1.82. The number of para-hydroxylation sites is 2. The van der Waals surface area contributed by atoms with E-state index in [0.717, 1.165) is 28.5 Å². The summed E-state index contributed by atoms with van der Waals surface area (Å²) in [7, 11) is 1.67. The highest BCUT2D eigenvalue weighted by Crippen LogP contribution is 2.26. The summed E-state index contributed by atoms with van der Waals surface area (Å²) < 4.78 is 10.8. The Morgan fingerprint density at radius 3 is 2.63 bits per heavy atom. The molecule has 0 radical (unpaired) electrons. The van der Waals surface area contributed by atoms with Crippen LogP contribution in [0.3, 0.4) is 0 Å². The number of benzene rings is 2. The molecule has 0 aliphatic rings. The second-order valence-electron chi connectivity index (χ2n) is 4.04. The fourth-order valence-corrected chi connectivity index (χ4v) is 2.54. The third-order valence-corrected chi connectivity index (χ3v) is 3.76. The van der Waals surface area contributed by atoms with E-state index in [0.29, 0.717) is 0 Å². The Labute approximate surface area is 115 Å². The van der Waals surface area contributed by atoms with Crippen molar-refractivity contribution in [1.29, 1.82) is 0 Å². The molecule has 1 heterocycles. The van der Waals surface area contributed by atoms with E-state index in [1.54, 1.807) is 18.9 Å². The SMILES string of the molecule is COc1ccc(SCc2nc3ccccc3o2)cc1. The van der Waals surface area contributed by atoms with Crippen molar-refractivity contribution in [3.05, 3.63) is 54.4 Å². The van der Waals surface area contributed by atoms with Crippen molar-refractivity contribution < 1.29 is 9.15 Å². The van der Waals surface area contributed by atoms with Gasteiger partial charge >= 0.3 is 0 Å². The predicted octanol–water partition coefficient (Wildman–Crippen LogP) is 4.13. The van der Waals surface area contributed by atoms with E-state index in [9.17, 15) is 0 Å². The molecule has 0 amide bonds. The van der Waals surface area contributed by atoms with Gasteiger partial charge < -0.3 is 9.15 Å². The van der Waals surface area contributed by atoms with Gasteiger partial charge in [-0.2, -0.15) is 0 Å². The number of hydrogen-bond donors (Lipinski definition) is 0. The van der Waals surface area contributed by atoms with Crippen LogP contribution in [-0.2, 0) is 5.75 Å². The van der Waals surface area contributed by atoms with Crippen LogP contribution >= 0.6 is 11.8 Å². The van der Waals surface area contributed by atoms with Gasteiger partial charge in [-0.3, -0.25) is 0 Å². The van der Waals surface area contributed by atoms with E-state index in [4.69, 9.17) is 9.15 Å². The molecule has 4 heteroatoms. The van der Waals surface area contributed by atoms with Crippen LogP contribution in [-0.4, -0.2) is 12.1 Å². The van der Waals surface area contributed by atoms with Gasteiger partial charge in [0.05, 0.1) is 12.9 Å². The van der Waals surface area contributed by atoms with E-state index >= 15 is 0 Å². The second-order valence-corrected chi connectivity index (χ2v) is 5.09. The second kappa shape index (κ2) is 5.36. The zero-order valence-corrected chi connectivity index (χ0v) is 11.3. The zero-order chi connectivity index (χ0) is 13.1. The normalized spacial score (nSPS) is 10.8. The molecule has 3 nitrogen and oxygen atoms in total. The molecule has 0 N–H and O–H groups in total. The third-order valence-electron chi connectivity index (χ3n) is 2.76. The first-order chi connectivity index (χ1) is 9.35. The Balaban J connectivity index is 1.70. The Morgan fingerprint density at radius 1 is 1.11 bits per heavy atom. The molecule has 0 aliphatic heterocycles. The summed E-state index contributed by atoms with van der Waals surface area (Å²) in [6.45, 7) is 0.